The minimum Gasteiger partial charge on any atom is -0.496 e. The summed E-state index contributed by atoms with van der Waals surface area (Å²) >= 11 is 5.89. The first kappa shape index (κ1) is 12.9. The molecule has 6 heteroatoms. The van der Waals surface area contributed by atoms with Crippen LogP contribution in [0.25, 0.3) is 11.5 Å². The summed E-state index contributed by atoms with van der Waals surface area (Å²) in [7, 11) is 1.56. The van der Waals surface area contributed by atoms with E-state index in [0.717, 1.165) is 0 Å². The summed E-state index contributed by atoms with van der Waals surface area (Å²) in [6.07, 6.45) is 0.569. The average molecular weight is 268 g/mol. The minimum absolute atomic E-state index is 0.0115. The molecule has 5 nitrogen and oxygen atoms in total. The van der Waals surface area contributed by atoms with Gasteiger partial charge in [0.1, 0.15) is 5.75 Å². The number of rotatable bonds is 4. The second-order valence-electron chi connectivity index (χ2n) is 4.04. The number of aromatic nitrogens is 2. The fourth-order valence-electron chi connectivity index (χ4n) is 1.58. The standard InChI is InChI=1S/C12H14ClN3O2/c1-7(14)5-11-15-12(18-16-11)9-4-3-8(13)6-10(9)17-2/h3-4,6-7H,5,14H2,1-2H3. The van der Waals surface area contributed by atoms with Crippen LogP contribution in [0.4, 0.5) is 0 Å². The molecular weight excluding hydrogens is 254 g/mol. The molecule has 0 amide bonds. The molecule has 0 bridgehead atoms. The van der Waals surface area contributed by atoms with E-state index in [1.165, 1.54) is 0 Å². The Hall–Kier alpha value is -1.59. The summed E-state index contributed by atoms with van der Waals surface area (Å²) < 4.78 is 10.4. The second kappa shape index (κ2) is 5.37. The van der Waals surface area contributed by atoms with Crippen molar-refractivity contribution >= 4 is 11.6 Å². The molecule has 1 heterocycles. The van der Waals surface area contributed by atoms with Crippen LogP contribution in [0.5, 0.6) is 5.75 Å². The van der Waals surface area contributed by atoms with Crippen molar-refractivity contribution in [2.24, 2.45) is 5.73 Å². The molecule has 2 N–H and O–H groups in total. The van der Waals surface area contributed by atoms with Crippen molar-refractivity contribution in [1.82, 2.24) is 10.1 Å². The molecule has 0 aliphatic heterocycles. The van der Waals surface area contributed by atoms with Gasteiger partial charge in [-0.25, -0.2) is 0 Å². The van der Waals surface area contributed by atoms with Gasteiger partial charge < -0.3 is 15.0 Å². The van der Waals surface area contributed by atoms with E-state index in [1.54, 1.807) is 25.3 Å². The highest BCUT2D eigenvalue weighted by molar-refractivity contribution is 6.30. The van der Waals surface area contributed by atoms with Gasteiger partial charge in [-0.15, -0.1) is 0 Å². The third-order valence-corrected chi connectivity index (χ3v) is 2.60. The van der Waals surface area contributed by atoms with E-state index < -0.39 is 0 Å². The van der Waals surface area contributed by atoms with Crippen LogP contribution in [-0.2, 0) is 6.42 Å². The van der Waals surface area contributed by atoms with E-state index in [2.05, 4.69) is 10.1 Å². The molecule has 0 saturated heterocycles. The summed E-state index contributed by atoms with van der Waals surface area (Å²) in [5, 5.41) is 4.46. The molecule has 2 aromatic rings. The van der Waals surface area contributed by atoms with Crippen LogP contribution < -0.4 is 10.5 Å². The van der Waals surface area contributed by atoms with Gasteiger partial charge in [0, 0.05) is 17.5 Å². The summed E-state index contributed by atoms with van der Waals surface area (Å²) in [6, 6.07) is 5.22. The van der Waals surface area contributed by atoms with Gasteiger partial charge in [-0.1, -0.05) is 16.8 Å². The predicted octanol–water partition coefficient (Wildman–Crippen LogP) is 2.29. The highest BCUT2D eigenvalue weighted by Gasteiger charge is 2.14. The van der Waals surface area contributed by atoms with Gasteiger partial charge in [0.15, 0.2) is 5.82 Å². The summed E-state index contributed by atoms with van der Waals surface area (Å²) in [5.41, 5.74) is 6.40. The lowest BCUT2D eigenvalue weighted by atomic mass is 10.2. The second-order valence-corrected chi connectivity index (χ2v) is 4.48. The summed E-state index contributed by atoms with van der Waals surface area (Å²) in [6.45, 7) is 1.89. The van der Waals surface area contributed by atoms with Crippen molar-refractivity contribution in [3.63, 3.8) is 0 Å². The van der Waals surface area contributed by atoms with Gasteiger partial charge in [0.25, 0.3) is 5.89 Å². The van der Waals surface area contributed by atoms with E-state index in [1.807, 2.05) is 6.92 Å². The summed E-state index contributed by atoms with van der Waals surface area (Å²) in [5.74, 6) is 1.58. The quantitative estimate of drug-likeness (QED) is 0.920. The van der Waals surface area contributed by atoms with Gasteiger partial charge in [0.2, 0.25) is 0 Å². The molecule has 1 aromatic carbocycles. The number of halogens is 1. The first-order valence-electron chi connectivity index (χ1n) is 5.52. The molecule has 96 valence electrons. The number of methoxy groups -OCH3 is 1. The maximum Gasteiger partial charge on any atom is 0.261 e. The van der Waals surface area contributed by atoms with Crippen molar-refractivity contribution in [3.8, 4) is 17.2 Å². The molecular formula is C12H14ClN3O2. The van der Waals surface area contributed by atoms with Crippen molar-refractivity contribution in [2.75, 3.05) is 7.11 Å². The fraction of sp³-hybridized carbons (Fsp3) is 0.333. The highest BCUT2D eigenvalue weighted by Crippen LogP contribution is 2.31. The zero-order chi connectivity index (χ0) is 13.1. The molecule has 0 aliphatic rings. The molecule has 2 rings (SSSR count). The van der Waals surface area contributed by atoms with Crippen LogP contribution in [-0.4, -0.2) is 23.3 Å². The predicted molar refractivity (Wildman–Crippen MR) is 68.6 cm³/mol. The van der Waals surface area contributed by atoms with Gasteiger partial charge in [-0.05, 0) is 25.1 Å². The van der Waals surface area contributed by atoms with Crippen molar-refractivity contribution in [1.29, 1.82) is 0 Å². The smallest absolute Gasteiger partial charge is 0.261 e. The Morgan fingerprint density at radius 3 is 2.94 bits per heavy atom. The zero-order valence-electron chi connectivity index (χ0n) is 10.2. The minimum atomic E-state index is -0.0115. The summed E-state index contributed by atoms with van der Waals surface area (Å²) in [4.78, 5) is 4.28. The Morgan fingerprint density at radius 1 is 1.50 bits per heavy atom. The molecule has 1 atom stereocenters. The molecule has 0 saturated carbocycles. The number of benzene rings is 1. The third-order valence-electron chi connectivity index (χ3n) is 2.37. The SMILES string of the molecule is COc1cc(Cl)ccc1-c1nc(CC(C)N)no1. The Kier molecular flexibility index (Phi) is 3.84. The highest BCUT2D eigenvalue weighted by atomic mass is 35.5. The van der Waals surface area contributed by atoms with Crippen LogP contribution in [0.15, 0.2) is 22.7 Å². The van der Waals surface area contributed by atoms with Gasteiger partial charge >= 0.3 is 0 Å². The maximum absolute atomic E-state index is 5.89. The van der Waals surface area contributed by atoms with Crippen molar-refractivity contribution in [3.05, 3.63) is 29.0 Å². The Balaban J connectivity index is 2.33. The molecule has 0 radical (unpaired) electrons. The lowest BCUT2D eigenvalue weighted by molar-refractivity contribution is 0.402. The topological polar surface area (TPSA) is 74.2 Å². The van der Waals surface area contributed by atoms with E-state index in [9.17, 15) is 0 Å². The third kappa shape index (κ3) is 2.80. The van der Waals surface area contributed by atoms with Gasteiger partial charge in [-0.2, -0.15) is 4.98 Å². The van der Waals surface area contributed by atoms with Gasteiger partial charge in [-0.3, -0.25) is 0 Å². The lowest BCUT2D eigenvalue weighted by Crippen LogP contribution is -2.18. The first-order valence-corrected chi connectivity index (χ1v) is 5.90. The lowest BCUT2D eigenvalue weighted by Gasteiger charge is -2.04. The van der Waals surface area contributed by atoms with Crippen LogP contribution in [0.1, 0.15) is 12.7 Å². The molecule has 0 fully saturated rings. The largest absolute Gasteiger partial charge is 0.496 e. The molecule has 18 heavy (non-hydrogen) atoms. The van der Waals surface area contributed by atoms with Crippen LogP contribution in [0, 0.1) is 0 Å². The molecule has 1 unspecified atom stereocenters. The molecule has 0 spiro atoms. The number of ether oxygens (including phenoxy) is 1. The van der Waals surface area contributed by atoms with Gasteiger partial charge in [0.05, 0.1) is 12.7 Å². The van der Waals surface area contributed by atoms with E-state index in [0.29, 0.717) is 34.5 Å². The van der Waals surface area contributed by atoms with E-state index in [4.69, 9.17) is 26.6 Å². The number of hydrogen-bond acceptors (Lipinski definition) is 5. The van der Waals surface area contributed by atoms with Crippen molar-refractivity contribution < 1.29 is 9.26 Å². The Morgan fingerprint density at radius 2 is 2.28 bits per heavy atom. The van der Waals surface area contributed by atoms with Crippen LogP contribution >= 0.6 is 11.6 Å². The first-order chi connectivity index (χ1) is 8.60. The van der Waals surface area contributed by atoms with Crippen LogP contribution in [0.3, 0.4) is 0 Å². The molecule has 1 aromatic heterocycles. The number of nitrogens with two attached hydrogens (primary N) is 1. The maximum atomic E-state index is 5.89. The number of nitrogens with zero attached hydrogens (tertiary/aromatic N) is 2. The van der Waals surface area contributed by atoms with Crippen LogP contribution in [0.2, 0.25) is 5.02 Å². The normalized spacial score (nSPS) is 12.4. The van der Waals surface area contributed by atoms with Crippen molar-refractivity contribution in [2.45, 2.75) is 19.4 Å². The average Bonchev–Trinajstić information content (AvgIpc) is 2.76. The monoisotopic (exact) mass is 267 g/mol. The van der Waals surface area contributed by atoms with E-state index in [-0.39, 0.29) is 6.04 Å². The Labute approximate surface area is 110 Å². The number of hydrogen-bond donors (Lipinski definition) is 1. The fourth-order valence-corrected chi connectivity index (χ4v) is 1.74. The van der Waals surface area contributed by atoms with E-state index >= 15 is 0 Å². The Bertz CT molecular complexity index is 540. The molecule has 0 aliphatic carbocycles. The zero-order valence-corrected chi connectivity index (χ0v) is 10.9.